The van der Waals surface area contributed by atoms with Gasteiger partial charge in [-0.3, -0.25) is 4.90 Å². The maximum Gasteiger partial charge on any atom is 0.123 e. The summed E-state index contributed by atoms with van der Waals surface area (Å²) in [5.41, 5.74) is 2.31. The van der Waals surface area contributed by atoms with E-state index in [-0.39, 0.29) is 11.9 Å². The molecule has 0 N–H and O–H groups in total. The Hall–Kier alpha value is -1.97. The zero-order chi connectivity index (χ0) is 16.1. The lowest BCUT2D eigenvalue weighted by Crippen LogP contribution is -2.47. The highest BCUT2D eigenvalue weighted by Gasteiger charge is 2.24. The molecule has 2 atom stereocenters. The lowest BCUT2D eigenvalue weighted by molar-refractivity contribution is -0.0395. The Kier molecular flexibility index (Phi) is 5.21. The Balaban J connectivity index is 1.62. The summed E-state index contributed by atoms with van der Waals surface area (Å²) in [5.74, 6) is -0.209. The number of morpholine rings is 1. The highest BCUT2D eigenvalue weighted by Crippen LogP contribution is 2.17. The molecule has 3 rings (SSSR count). The zero-order valence-corrected chi connectivity index (χ0v) is 13.4. The number of rotatable bonds is 4. The van der Waals surface area contributed by atoms with Crippen molar-refractivity contribution in [1.29, 1.82) is 0 Å². The number of benzene rings is 2. The molecule has 0 amide bonds. The summed E-state index contributed by atoms with van der Waals surface area (Å²) in [6.07, 6.45) is 4.14. The molecule has 1 heterocycles. The van der Waals surface area contributed by atoms with E-state index < -0.39 is 0 Å². The number of halogens is 1. The van der Waals surface area contributed by atoms with Crippen molar-refractivity contribution >= 4 is 6.08 Å². The highest BCUT2D eigenvalue weighted by atomic mass is 19.1. The fourth-order valence-electron chi connectivity index (χ4n) is 2.78. The van der Waals surface area contributed by atoms with Crippen LogP contribution >= 0.6 is 0 Å². The monoisotopic (exact) mass is 311 g/mol. The topological polar surface area (TPSA) is 12.5 Å². The molecule has 2 aromatic carbocycles. The van der Waals surface area contributed by atoms with E-state index in [0.29, 0.717) is 6.04 Å². The molecule has 2 aromatic rings. The van der Waals surface area contributed by atoms with E-state index in [0.717, 1.165) is 25.3 Å². The summed E-state index contributed by atoms with van der Waals surface area (Å²) in [5, 5.41) is 0. The summed E-state index contributed by atoms with van der Waals surface area (Å²) in [6.45, 7) is 4.73. The first-order chi connectivity index (χ1) is 11.2. The highest BCUT2D eigenvalue weighted by molar-refractivity contribution is 5.49. The summed E-state index contributed by atoms with van der Waals surface area (Å²) < 4.78 is 18.8. The van der Waals surface area contributed by atoms with Crippen LogP contribution in [0, 0.1) is 5.82 Å². The molecule has 1 saturated heterocycles. The maximum absolute atomic E-state index is 12.9. The molecule has 1 aliphatic rings. The minimum absolute atomic E-state index is 0.0694. The molecule has 0 aliphatic carbocycles. The van der Waals surface area contributed by atoms with Crippen LogP contribution in [0.25, 0.3) is 6.08 Å². The van der Waals surface area contributed by atoms with Gasteiger partial charge in [-0.2, -0.15) is 0 Å². The van der Waals surface area contributed by atoms with E-state index in [4.69, 9.17) is 4.74 Å². The third-order valence-electron chi connectivity index (χ3n) is 4.19. The molecular formula is C20H22FNO. The molecule has 0 bridgehead atoms. The number of ether oxygens (including phenoxy) is 1. The lowest BCUT2D eigenvalue weighted by Gasteiger charge is -2.37. The largest absolute Gasteiger partial charge is 0.371 e. The van der Waals surface area contributed by atoms with Gasteiger partial charge in [-0.1, -0.05) is 54.6 Å². The Morgan fingerprint density at radius 1 is 1.13 bits per heavy atom. The van der Waals surface area contributed by atoms with Crippen LogP contribution in [0.3, 0.4) is 0 Å². The molecule has 0 spiro atoms. The predicted octanol–water partition coefficient (Wildman–Crippen LogP) is 4.13. The molecule has 23 heavy (non-hydrogen) atoms. The third kappa shape index (κ3) is 4.50. The molecule has 0 saturated carbocycles. The van der Waals surface area contributed by atoms with E-state index in [1.807, 2.05) is 12.1 Å². The van der Waals surface area contributed by atoms with Gasteiger partial charge in [0.05, 0.1) is 12.7 Å². The second kappa shape index (κ2) is 7.53. The molecule has 2 unspecified atom stereocenters. The number of nitrogens with zero attached hydrogens (tertiary/aromatic N) is 1. The van der Waals surface area contributed by atoms with Gasteiger partial charge in [-0.05, 0) is 30.2 Å². The second-order valence-corrected chi connectivity index (χ2v) is 6.05. The minimum Gasteiger partial charge on any atom is -0.371 e. The summed E-state index contributed by atoms with van der Waals surface area (Å²) in [4.78, 5) is 2.44. The lowest BCUT2D eigenvalue weighted by atomic mass is 10.1. The fraction of sp³-hybridized carbons (Fsp3) is 0.300. The molecule has 3 heteroatoms. The predicted molar refractivity (Wildman–Crippen MR) is 91.5 cm³/mol. The van der Waals surface area contributed by atoms with E-state index >= 15 is 0 Å². The van der Waals surface area contributed by atoms with Crippen molar-refractivity contribution in [3.05, 3.63) is 77.6 Å². The van der Waals surface area contributed by atoms with Gasteiger partial charge in [0, 0.05) is 19.1 Å². The first kappa shape index (κ1) is 15.9. The second-order valence-electron chi connectivity index (χ2n) is 6.05. The van der Waals surface area contributed by atoms with E-state index in [9.17, 15) is 4.39 Å². The summed E-state index contributed by atoms with van der Waals surface area (Å²) in [6, 6.07) is 17.4. The minimum atomic E-state index is -0.209. The zero-order valence-electron chi connectivity index (χ0n) is 13.4. The van der Waals surface area contributed by atoms with Crippen LogP contribution in [0.5, 0.6) is 0 Å². The van der Waals surface area contributed by atoms with Crippen molar-refractivity contribution in [2.45, 2.75) is 25.6 Å². The van der Waals surface area contributed by atoms with Crippen LogP contribution in [0.4, 0.5) is 4.39 Å². The van der Waals surface area contributed by atoms with E-state index in [1.54, 1.807) is 12.1 Å². The molecular weight excluding hydrogens is 289 g/mol. The molecule has 0 radical (unpaired) electrons. The van der Waals surface area contributed by atoms with Gasteiger partial charge >= 0.3 is 0 Å². The van der Waals surface area contributed by atoms with Crippen LogP contribution < -0.4 is 0 Å². The molecule has 120 valence electrons. The Bertz CT molecular complexity index is 638. The standard InChI is InChI=1S/C20H22FNO/c1-16-15-23-20(12-9-17-7-10-19(21)11-8-17)14-22(16)13-18-5-3-2-4-6-18/h2-12,16,20H,13-15H2,1H3/b12-9+. The van der Waals surface area contributed by atoms with Crippen LogP contribution in [-0.2, 0) is 11.3 Å². The van der Waals surface area contributed by atoms with Gasteiger partial charge in [0.15, 0.2) is 0 Å². The normalized spacial score (nSPS) is 22.5. The van der Waals surface area contributed by atoms with Gasteiger partial charge in [-0.15, -0.1) is 0 Å². The van der Waals surface area contributed by atoms with Crippen molar-refractivity contribution in [2.75, 3.05) is 13.2 Å². The average Bonchev–Trinajstić information content (AvgIpc) is 2.58. The van der Waals surface area contributed by atoms with Gasteiger partial charge < -0.3 is 4.74 Å². The smallest absolute Gasteiger partial charge is 0.123 e. The molecule has 1 aliphatic heterocycles. The Morgan fingerprint density at radius 3 is 2.61 bits per heavy atom. The Labute approximate surface area is 137 Å². The fourth-order valence-corrected chi connectivity index (χ4v) is 2.78. The van der Waals surface area contributed by atoms with Crippen LogP contribution in [0.1, 0.15) is 18.1 Å². The van der Waals surface area contributed by atoms with Crippen LogP contribution in [0.2, 0.25) is 0 Å². The first-order valence-electron chi connectivity index (χ1n) is 8.04. The van der Waals surface area contributed by atoms with E-state index in [1.165, 1.54) is 17.7 Å². The number of hydrogen-bond acceptors (Lipinski definition) is 2. The van der Waals surface area contributed by atoms with Crippen molar-refractivity contribution in [2.24, 2.45) is 0 Å². The number of hydrogen-bond donors (Lipinski definition) is 0. The first-order valence-corrected chi connectivity index (χ1v) is 8.04. The summed E-state index contributed by atoms with van der Waals surface area (Å²) in [7, 11) is 0. The molecule has 1 fully saturated rings. The SMILES string of the molecule is CC1COC(/C=C/c2ccc(F)cc2)CN1Cc1ccccc1. The summed E-state index contributed by atoms with van der Waals surface area (Å²) >= 11 is 0. The van der Waals surface area contributed by atoms with Gasteiger partial charge in [0.1, 0.15) is 5.82 Å². The molecule has 0 aromatic heterocycles. The Morgan fingerprint density at radius 2 is 1.87 bits per heavy atom. The maximum atomic E-state index is 12.9. The van der Waals surface area contributed by atoms with Gasteiger partial charge in [-0.25, -0.2) is 4.39 Å². The molecule has 2 nitrogen and oxygen atoms in total. The van der Waals surface area contributed by atoms with Gasteiger partial charge in [0.25, 0.3) is 0 Å². The van der Waals surface area contributed by atoms with Crippen molar-refractivity contribution < 1.29 is 9.13 Å². The van der Waals surface area contributed by atoms with Crippen molar-refractivity contribution in [1.82, 2.24) is 4.90 Å². The van der Waals surface area contributed by atoms with Crippen LogP contribution in [-0.4, -0.2) is 30.2 Å². The third-order valence-corrected chi connectivity index (χ3v) is 4.19. The van der Waals surface area contributed by atoms with Crippen molar-refractivity contribution in [3.8, 4) is 0 Å². The van der Waals surface area contributed by atoms with Crippen molar-refractivity contribution in [3.63, 3.8) is 0 Å². The average molecular weight is 311 g/mol. The van der Waals surface area contributed by atoms with E-state index in [2.05, 4.69) is 42.2 Å². The quantitative estimate of drug-likeness (QED) is 0.842. The van der Waals surface area contributed by atoms with Crippen LogP contribution in [0.15, 0.2) is 60.7 Å². The van der Waals surface area contributed by atoms with Gasteiger partial charge in [0.2, 0.25) is 0 Å².